The van der Waals surface area contributed by atoms with Gasteiger partial charge in [-0.05, 0) is 43.5 Å². The maximum absolute atomic E-state index is 9.95. The number of nitrogens with one attached hydrogen (secondary N) is 1. The molecule has 0 radical (unpaired) electrons. The number of anilines is 1. The van der Waals surface area contributed by atoms with Crippen LogP contribution in [0.3, 0.4) is 0 Å². The lowest BCUT2D eigenvalue weighted by Crippen LogP contribution is -2.43. The molecule has 4 nitrogen and oxygen atoms in total. The summed E-state index contributed by atoms with van der Waals surface area (Å²) in [6.45, 7) is 4.21. The van der Waals surface area contributed by atoms with Crippen molar-refractivity contribution in [1.82, 2.24) is 5.32 Å². The summed E-state index contributed by atoms with van der Waals surface area (Å²) >= 11 is 0. The van der Waals surface area contributed by atoms with Crippen molar-refractivity contribution in [2.75, 3.05) is 31.1 Å². The van der Waals surface area contributed by atoms with Crippen molar-refractivity contribution >= 4 is 5.69 Å². The summed E-state index contributed by atoms with van der Waals surface area (Å²) in [6, 6.07) is 8.29. The Morgan fingerprint density at radius 3 is 2.45 bits per heavy atom. The molecule has 1 aliphatic carbocycles. The second-order valence-electron chi connectivity index (χ2n) is 5.74. The van der Waals surface area contributed by atoms with Crippen LogP contribution in [-0.2, 0) is 0 Å². The van der Waals surface area contributed by atoms with Gasteiger partial charge < -0.3 is 20.1 Å². The molecular formula is C16H24N2O2. The van der Waals surface area contributed by atoms with E-state index in [1.54, 1.807) is 0 Å². The van der Waals surface area contributed by atoms with Gasteiger partial charge in [0.1, 0.15) is 11.9 Å². The highest BCUT2D eigenvalue weighted by Crippen LogP contribution is 2.25. The van der Waals surface area contributed by atoms with Gasteiger partial charge in [0.25, 0.3) is 0 Å². The third-order valence-corrected chi connectivity index (χ3v) is 4.27. The minimum Gasteiger partial charge on any atom is -0.488 e. The number of rotatable bonds is 3. The van der Waals surface area contributed by atoms with E-state index in [0.717, 1.165) is 57.6 Å². The molecule has 1 aliphatic heterocycles. The summed E-state index contributed by atoms with van der Waals surface area (Å²) in [5, 5.41) is 13.3. The summed E-state index contributed by atoms with van der Waals surface area (Å²) in [5.41, 5.74) is 1.25. The standard InChI is InChI=1S/C16H24N2O2/c19-15-3-1-2-4-16(15)20-14-7-5-13(6-8-14)18-11-9-17-10-12-18/h5-8,15-17,19H,1-4,9-12H2. The molecule has 2 aliphatic rings. The van der Waals surface area contributed by atoms with Crippen LogP contribution in [-0.4, -0.2) is 43.5 Å². The number of hydrogen-bond donors (Lipinski definition) is 2. The Morgan fingerprint density at radius 2 is 1.75 bits per heavy atom. The number of piperazine rings is 1. The Bertz CT molecular complexity index is 415. The zero-order chi connectivity index (χ0) is 13.8. The lowest BCUT2D eigenvalue weighted by atomic mass is 9.95. The third kappa shape index (κ3) is 3.25. The van der Waals surface area contributed by atoms with E-state index >= 15 is 0 Å². The van der Waals surface area contributed by atoms with Gasteiger partial charge in [0.15, 0.2) is 0 Å². The zero-order valence-electron chi connectivity index (χ0n) is 11.9. The van der Waals surface area contributed by atoms with E-state index in [1.807, 2.05) is 12.1 Å². The third-order valence-electron chi connectivity index (χ3n) is 4.27. The van der Waals surface area contributed by atoms with Gasteiger partial charge in [0.05, 0.1) is 6.10 Å². The fourth-order valence-electron chi connectivity index (χ4n) is 3.05. The van der Waals surface area contributed by atoms with Crippen LogP contribution in [0.2, 0.25) is 0 Å². The van der Waals surface area contributed by atoms with Crippen molar-refractivity contribution in [3.63, 3.8) is 0 Å². The van der Waals surface area contributed by atoms with Crippen molar-refractivity contribution < 1.29 is 9.84 Å². The molecule has 4 heteroatoms. The Balaban J connectivity index is 1.60. The fraction of sp³-hybridized carbons (Fsp3) is 0.625. The summed E-state index contributed by atoms with van der Waals surface area (Å²) in [6.07, 6.45) is 3.75. The maximum Gasteiger partial charge on any atom is 0.124 e. The van der Waals surface area contributed by atoms with E-state index in [2.05, 4.69) is 22.3 Å². The van der Waals surface area contributed by atoms with Crippen molar-refractivity contribution in [3.05, 3.63) is 24.3 Å². The molecule has 2 unspecified atom stereocenters. The quantitative estimate of drug-likeness (QED) is 0.883. The highest BCUT2D eigenvalue weighted by molar-refractivity contribution is 5.49. The molecule has 2 N–H and O–H groups in total. The lowest BCUT2D eigenvalue weighted by molar-refractivity contribution is 0.00688. The summed E-state index contributed by atoms with van der Waals surface area (Å²) < 4.78 is 5.93. The van der Waals surface area contributed by atoms with E-state index in [1.165, 1.54) is 5.69 Å². The molecule has 1 heterocycles. The van der Waals surface area contributed by atoms with Crippen molar-refractivity contribution in [1.29, 1.82) is 0 Å². The smallest absolute Gasteiger partial charge is 0.124 e. The molecule has 0 spiro atoms. The van der Waals surface area contributed by atoms with E-state index in [9.17, 15) is 5.11 Å². The van der Waals surface area contributed by atoms with Crippen LogP contribution in [0, 0.1) is 0 Å². The molecule has 3 rings (SSSR count). The first-order valence-electron chi connectivity index (χ1n) is 7.73. The minimum atomic E-state index is -0.309. The van der Waals surface area contributed by atoms with Gasteiger partial charge in [-0.3, -0.25) is 0 Å². The Hall–Kier alpha value is -1.26. The Kier molecular flexibility index (Phi) is 4.43. The second kappa shape index (κ2) is 6.46. The van der Waals surface area contributed by atoms with Gasteiger partial charge in [0.2, 0.25) is 0 Å². The van der Waals surface area contributed by atoms with Gasteiger partial charge >= 0.3 is 0 Å². The average molecular weight is 276 g/mol. The molecule has 1 aromatic rings. The number of ether oxygens (including phenoxy) is 1. The Morgan fingerprint density at radius 1 is 1.05 bits per heavy atom. The van der Waals surface area contributed by atoms with Crippen LogP contribution in [0.25, 0.3) is 0 Å². The molecule has 1 saturated carbocycles. The predicted octanol–water partition coefficient (Wildman–Crippen LogP) is 1.78. The first-order valence-corrected chi connectivity index (χ1v) is 7.73. The van der Waals surface area contributed by atoms with Crippen LogP contribution >= 0.6 is 0 Å². The normalized spacial score (nSPS) is 27.4. The van der Waals surface area contributed by atoms with Gasteiger partial charge in [-0.25, -0.2) is 0 Å². The lowest BCUT2D eigenvalue weighted by Gasteiger charge is -2.30. The molecule has 0 bridgehead atoms. The van der Waals surface area contributed by atoms with Crippen molar-refractivity contribution in [2.45, 2.75) is 37.9 Å². The first-order chi connectivity index (χ1) is 9.83. The first kappa shape index (κ1) is 13.7. The number of aliphatic hydroxyl groups excluding tert-OH is 1. The van der Waals surface area contributed by atoms with Gasteiger partial charge in [-0.2, -0.15) is 0 Å². The molecule has 0 amide bonds. The summed E-state index contributed by atoms with van der Waals surface area (Å²) in [5.74, 6) is 0.870. The van der Waals surface area contributed by atoms with E-state index in [-0.39, 0.29) is 12.2 Å². The van der Waals surface area contributed by atoms with Crippen LogP contribution in [0.15, 0.2) is 24.3 Å². The van der Waals surface area contributed by atoms with Crippen LogP contribution in [0.5, 0.6) is 5.75 Å². The molecule has 1 saturated heterocycles. The van der Waals surface area contributed by atoms with Crippen molar-refractivity contribution in [2.24, 2.45) is 0 Å². The number of aliphatic hydroxyl groups is 1. The molecule has 1 aromatic carbocycles. The number of hydrogen-bond acceptors (Lipinski definition) is 4. The van der Waals surface area contributed by atoms with E-state index < -0.39 is 0 Å². The highest BCUT2D eigenvalue weighted by Gasteiger charge is 2.24. The SMILES string of the molecule is OC1CCCCC1Oc1ccc(N2CCNCC2)cc1. The van der Waals surface area contributed by atoms with Gasteiger partial charge in [-0.1, -0.05) is 6.42 Å². The minimum absolute atomic E-state index is 0.0335. The van der Waals surface area contributed by atoms with E-state index in [0.29, 0.717) is 0 Å². The largest absolute Gasteiger partial charge is 0.488 e. The Labute approximate surface area is 120 Å². The highest BCUT2D eigenvalue weighted by atomic mass is 16.5. The van der Waals surface area contributed by atoms with Crippen LogP contribution in [0.1, 0.15) is 25.7 Å². The zero-order valence-corrected chi connectivity index (χ0v) is 11.9. The van der Waals surface area contributed by atoms with Gasteiger partial charge in [0, 0.05) is 31.9 Å². The summed E-state index contributed by atoms with van der Waals surface area (Å²) in [4.78, 5) is 2.38. The fourth-order valence-corrected chi connectivity index (χ4v) is 3.05. The predicted molar refractivity (Wildman–Crippen MR) is 80.4 cm³/mol. The average Bonchev–Trinajstić information content (AvgIpc) is 2.51. The molecule has 20 heavy (non-hydrogen) atoms. The summed E-state index contributed by atoms with van der Waals surface area (Å²) in [7, 11) is 0. The molecular weight excluding hydrogens is 252 g/mol. The van der Waals surface area contributed by atoms with Gasteiger partial charge in [-0.15, -0.1) is 0 Å². The van der Waals surface area contributed by atoms with Crippen molar-refractivity contribution in [3.8, 4) is 5.75 Å². The van der Waals surface area contributed by atoms with Crippen LogP contribution in [0.4, 0.5) is 5.69 Å². The maximum atomic E-state index is 9.95. The monoisotopic (exact) mass is 276 g/mol. The second-order valence-corrected chi connectivity index (χ2v) is 5.74. The molecule has 2 atom stereocenters. The molecule has 0 aromatic heterocycles. The molecule has 110 valence electrons. The van der Waals surface area contributed by atoms with E-state index in [4.69, 9.17) is 4.74 Å². The topological polar surface area (TPSA) is 44.7 Å². The molecule has 2 fully saturated rings. The van der Waals surface area contributed by atoms with Crippen LogP contribution < -0.4 is 15.0 Å². The number of nitrogens with zero attached hydrogens (tertiary/aromatic N) is 1. The number of benzene rings is 1.